The van der Waals surface area contributed by atoms with Gasteiger partial charge in [-0.2, -0.15) is 0 Å². The Labute approximate surface area is 411 Å². The fourth-order valence-corrected chi connectivity index (χ4v) is 9.36. The van der Waals surface area contributed by atoms with E-state index in [1.54, 1.807) is 6.08 Å². The largest absolute Gasteiger partial charge is 0.472 e. The van der Waals surface area contributed by atoms with Gasteiger partial charge in [-0.15, -0.1) is 0 Å². The van der Waals surface area contributed by atoms with Crippen LogP contribution in [0.5, 0.6) is 0 Å². The second-order valence-corrected chi connectivity index (χ2v) is 22.5. The Morgan fingerprint density at radius 1 is 0.500 bits per heavy atom. The van der Waals surface area contributed by atoms with Crippen molar-refractivity contribution in [1.82, 2.24) is 5.32 Å². The first-order valence-electron chi connectivity index (χ1n) is 28.7. The molecule has 3 atom stereocenters. The predicted octanol–water partition coefficient (Wildman–Crippen LogP) is 17.2. The summed E-state index contributed by atoms with van der Waals surface area (Å²) in [5, 5.41) is 13.9. The fraction of sp³-hybridized carbons (Fsp3) is 0.912. The van der Waals surface area contributed by atoms with Crippen molar-refractivity contribution in [1.29, 1.82) is 0 Å². The molecule has 0 fully saturated rings. The molecule has 3 unspecified atom stereocenters. The van der Waals surface area contributed by atoms with Gasteiger partial charge in [-0.25, -0.2) is 4.57 Å². The summed E-state index contributed by atoms with van der Waals surface area (Å²) in [6.45, 7) is 4.85. The number of aliphatic hydroxyl groups excluding tert-OH is 1. The van der Waals surface area contributed by atoms with Crippen LogP contribution in [0, 0.1) is 0 Å². The van der Waals surface area contributed by atoms with Gasteiger partial charge in [0.25, 0.3) is 0 Å². The van der Waals surface area contributed by atoms with Crippen LogP contribution in [0.25, 0.3) is 0 Å². The number of quaternary nitrogens is 1. The number of phosphoric acid groups is 1. The maximum absolute atomic E-state index is 13.0. The number of carbonyl (C=O) groups is 1. The summed E-state index contributed by atoms with van der Waals surface area (Å²) in [4.78, 5) is 23.3. The van der Waals surface area contributed by atoms with Crippen molar-refractivity contribution in [2.24, 2.45) is 0 Å². The number of hydrogen-bond acceptors (Lipinski definition) is 5. The lowest BCUT2D eigenvalue weighted by Gasteiger charge is -2.25. The molecule has 8 nitrogen and oxygen atoms in total. The number of allylic oxidation sites excluding steroid dienone is 3. The summed E-state index contributed by atoms with van der Waals surface area (Å²) >= 11 is 0. The lowest BCUT2D eigenvalue weighted by atomic mass is 10.0. The number of likely N-dealkylation sites (N-methyl/N-ethyl adjacent to an activating group) is 1. The first kappa shape index (κ1) is 65.0. The van der Waals surface area contributed by atoms with Gasteiger partial charge >= 0.3 is 7.82 Å². The van der Waals surface area contributed by atoms with Crippen LogP contribution in [0.2, 0.25) is 0 Å². The minimum atomic E-state index is -4.34. The van der Waals surface area contributed by atoms with E-state index < -0.39 is 20.0 Å². The van der Waals surface area contributed by atoms with Crippen LogP contribution in [-0.4, -0.2) is 73.4 Å². The van der Waals surface area contributed by atoms with Crippen molar-refractivity contribution in [3.63, 3.8) is 0 Å². The molecule has 0 aromatic rings. The molecule has 0 rings (SSSR count). The molecule has 9 heteroatoms. The second kappa shape index (κ2) is 49.0. The Morgan fingerprint density at radius 3 is 1.17 bits per heavy atom. The Kier molecular flexibility index (Phi) is 48.2. The molecule has 0 bridgehead atoms. The zero-order valence-electron chi connectivity index (χ0n) is 44.7. The third kappa shape index (κ3) is 50.8. The molecule has 0 radical (unpaired) electrons. The summed E-state index contributed by atoms with van der Waals surface area (Å²) < 4.78 is 23.7. The molecule has 0 heterocycles. The number of nitrogens with zero attached hydrogens (tertiary/aromatic N) is 1. The number of phosphoric ester groups is 1. The number of carbonyl (C=O) groups excluding carboxylic acids is 1. The van der Waals surface area contributed by atoms with Crippen molar-refractivity contribution < 1.29 is 32.9 Å². The molecular weight excluding hydrogens is 840 g/mol. The quantitative estimate of drug-likeness (QED) is 0.0243. The van der Waals surface area contributed by atoms with Gasteiger partial charge in [0.05, 0.1) is 39.9 Å². The van der Waals surface area contributed by atoms with Gasteiger partial charge in [-0.05, 0) is 44.9 Å². The van der Waals surface area contributed by atoms with Gasteiger partial charge < -0.3 is 19.8 Å². The van der Waals surface area contributed by atoms with Crippen LogP contribution in [0.15, 0.2) is 24.3 Å². The van der Waals surface area contributed by atoms with Crippen molar-refractivity contribution in [2.45, 2.75) is 296 Å². The summed E-state index contributed by atoms with van der Waals surface area (Å²) in [5.41, 5.74) is 0. The van der Waals surface area contributed by atoms with Crippen molar-refractivity contribution in [2.75, 3.05) is 40.9 Å². The summed E-state index contributed by atoms with van der Waals surface area (Å²) in [7, 11) is 1.58. The third-order valence-corrected chi connectivity index (χ3v) is 14.1. The van der Waals surface area contributed by atoms with Crippen LogP contribution in [-0.2, 0) is 18.4 Å². The van der Waals surface area contributed by atoms with Gasteiger partial charge in [0.15, 0.2) is 0 Å². The zero-order valence-corrected chi connectivity index (χ0v) is 45.6. The first-order valence-corrected chi connectivity index (χ1v) is 30.2. The van der Waals surface area contributed by atoms with Crippen molar-refractivity contribution >= 4 is 13.7 Å². The Morgan fingerprint density at radius 2 is 0.818 bits per heavy atom. The van der Waals surface area contributed by atoms with Crippen LogP contribution < -0.4 is 5.32 Å². The number of aliphatic hydroxyl groups is 1. The first-order chi connectivity index (χ1) is 32.0. The molecule has 1 amide bonds. The lowest BCUT2D eigenvalue weighted by Crippen LogP contribution is -2.45. The molecule has 392 valence electrons. The highest BCUT2D eigenvalue weighted by Crippen LogP contribution is 2.43. The van der Waals surface area contributed by atoms with Crippen LogP contribution >= 0.6 is 7.82 Å². The summed E-state index contributed by atoms with van der Waals surface area (Å²) in [6, 6.07) is -0.846. The predicted molar refractivity (Wildman–Crippen MR) is 286 cm³/mol. The lowest BCUT2D eigenvalue weighted by molar-refractivity contribution is -0.870. The SMILES string of the molecule is CCCCCCCC/C=C\CCCCCCCCCCCC(=O)NC(COP(=O)(O)OCC[N+](C)(C)C)C(O)/C=C/CCCCCCCCCCCCCCCCCCCCCCCCC. The van der Waals surface area contributed by atoms with E-state index in [2.05, 4.69) is 31.3 Å². The molecule has 0 aliphatic rings. The van der Waals surface area contributed by atoms with E-state index in [1.165, 1.54) is 231 Å². The van der Waals surface area contributed by atoms with Crippen LogP contribution in [0.1, 0.15) is 284 Å². The maximum atomic E-state index is 13.0. The number of rotatable bonds is 53. The van der Waals surface area contributed by atoms with E-state index in [-0.39, 0.29) is 19.1 Å². The smallest absolute Gasteiger partial charge is 0.387 e. The number of amides is 1. The standard InChI is InChI=1S/C57H113N2O6P/c1-6-8-10-12-14-16-18-20-22-24-26-27-28-29-30-31-33-34-36-38-40-42-44-46-48-50-56(60)55(54-65-66(62,63)64-53-52-59(3,4)5)58-57(61)51-49-47-45-43-41-39-37-35-32-25-23-21-19-17-15-13-11-9-7-2/h21,23,48,50,55-56,60H,6-20,22,24-47,49,51-54H2,1-5H3,(H-,58,61,62,63)/p+1/b23-21-,50-48+. The molecule has 0 aliphatic carbocycles. The van der Waals surface area contributed by atoms with Crippen LogP contribution in [0.3, 0.4) is 0 Å². The highest BCUT2D eigenvalue weighted by molar-refractivity contribution is 7.47. The number of unbranched alkanes of at least 4 members (excludes halogenated alkanes) is 38. The van der Waals surface area contributed by atoms with Crippen molar-refractivity contribution in [3.05, 3.63) is 24.3 Å². The minimum absolute atomic E-state index is 0.0628. The van der Waals surface area contributed by atoms with Gasteiger partial charge in [0.1, 0.15) is 13.2 Å². The molecule has 3 N–H and O–H groups in total. The normalized spacial score (nSPS) is 14.1. The van der Waals surface area contributed by atoms with Gasteiger partial charge in [-0.1, -0.05) is 256 Å². The van der Waals surface area contributed by atoms with E-state index in [0.29, 0.717) is 17.4 Å². The third-order valence-electron chi connectivity index (χ3n) is 13.2. The van der Waals surface area contributed by atoms with E-state index in [1.807, 2.05) is 27.2 Å². The topological polar surface area (TPSA) is 105 Å². The van der Waals surface area contributed by atoms with E-state index in [4.69, 9.17) is 9.05 Å². The van der Waals surface area contributed by atoms with Gasteiger partial charge in [0, 0.05) is 6.42 Å². The highest BCUT2D eigenvalue weighted by Gasteiger charge is 2.27. The monoisotopic (exact) mass is 954 g/mol. The Balaban J connectivity index is 4.20. The number of hydrogen-bond donors (Lipinski definition) is 3. The number of nitrogens with one attached hydrogen (secondary N) is 1. The molecule has 66 heavy (non-hydrogen) atoms. The molecule has 0 aromatic carbocycles. The molecule has 0 aromatic heterocycles. The molecule has 0 aliphatic heterocycles. The van der Waals surface area contributed by atoms with E-state index in [0.717, 1.165) is 32.1 Å². The molecular formula is C57H114N2O6P+. The second-order valence-electron chi connectivity index (χ2n) is 21.0. The highest BCUT2D eigenvalue weighted by atomic mass is 31.2. The molecule has 0 saturated heterocycles. The van der Waals surface area contributed by atoms with Crippen LogP contribution in [0.4, 0.5) is 0 Å². The maximum Gasteiger partial charge on any atom is 0.472 e. The average molecular weight is 955 g/mol. The van der Waals surface area contributed by atoms with E-state index in [9.17, 15) is 19.4 Å². The van der Waals surface area contributed by atoms with Gasteiger partial charge in [-0.3, -0.25) is 13.8 Å². The fourth-order valence-electron chi connectivity index (χ4n) is 8.63. The molecule has 0 saturated carbocycles. The van der Waals surface area contributed by atoms with Gasteiger partial charge in [0.2, 0.25) is 5.91 Å². The average Bonchev–Trinajstić information content (AvgIpc) is 3.28. The summed E-state index contributed by atoms with van der Waals surface area (Å²) in [6.07, 6.45) is 61.3. The zero-order chi connectivity index (χ0) is 48.5. The van der Waals surface area contributed by atoms with E-state index >= 15 is 0 Å². The Hall–Kier alpha value is -1.02. The Bertz CT molecular complexity index is 1130. The van der Waals surface area contributed by atoms with Crippen molar-refractivity contribution in [3.8, 4) is 0 Å². The summed E-state index contributed by atoms with van der Waals surface area (Å²) in [5.74, 6) is -0.175. The minimum Gasteiger partial charge on any atom is -0.387 e. The molecule has 0 spiro atoms.